The molecule has 0 atom stereocenters. The Morgan fingerprint density at radius 1 is 1.61 bits per heavy atom. The number of nitrogens with one attached hydrogen (secondary N) is 1. The molecule has 0 bridgehead atoms. The van der Waals surface area contributed by atoms with Crippen LogP contribution in [0.5, 0.6) is 0 Å². The Hall–Kier alpha value is -1.69. The number of carbonyl (C=O) groups excluding carboxylic acids is 1. The zero-order chi connectivity index (χ0) is 13.5. The molecule has 0 unspecified atom stereocenters. The molecule has 1 aromatic heterocycles. The molecule has 0 radical (unpaired) electrons. The predicted molar refractivity (Wildman–Crippen MR) is 67.0 cm³/mol. The fourth-order valence-corrected chi connectivity index (χ4v) is 1.62. The summed E-state index contributed by atoms with van der Waals surface area (Å²) in [6, 6.07) is 1.36. The average Bonchev–Trinajstić information content (AvgIpc) is 2.39. The lowest BCUT2D eigenvalue weighted by Gasteiger charge is -2.21. The molecule has 0 aromatic carbocycles. The number of aromatic nitrogens is 1. The van der Waals surface area contributed by atoms with Crippen molar-refractivity contribution in [2.45, 2.75) is 13.3 Å². The number of aliphatic hydroxyl groups excluding tert-OH is 1. The van der Waals surface area contributed by atoms with E-state index in [0.717, 1.165) is 0 Å². The quantitative estimate of drug-likeness (QED) is 0.799. The van der Waals surface area contributed by atoms with Crippen LogP contribution in [0, 0.1) is 5.82 Å². The zero-order valence-electron chi connectivity index (χ0n) is 10.6. The molecule has 0 fully saturated rings. The third-order valence-electron chi connectivity index (χ3n) is 2.61. The molecule has 0 saturated carbocycles. The first-order valence-electron chi connectivity index (χ1n) is 5.88. The van der Waals surface area contributed by atoms with Crippen LogP contribution in [0.15, 0.2) is 12.3 Å². The smallest absolute Gasteiger partial charge is 0.257 e. The average molecular weight is 255 g/mol. The summed E-state index contributed by atoms with van der Waals surface area (Å²) in [5.74, 6) is -0.978. The number of aliphatic hydroxyl groups is 1. The molecule has 1 aromatic rings. The third-order valence-corrected chi connectivity index (χ3v) is 2.61. The van der Waals surface area contributed by atoms with Crippen molar-refractivity contribution in [3.63, 3.8) is 0 Å². The highest BCUT2D eigenvalue weighted by molar-refractivity contribution is 5.95. The Morgan fingerprint density at radius 2 is 2.33 bits per heavy atom. The van der Waals surface area contributed by atoms with Crippen LogP contribution < -0.4 is 5.32 Å². The SMILES string of the molecule is CCN(CCCO)C(=O)c1ccnc(NC)c1F. The Kier molecular flexibility index (Phi) is 5.51. The molecule has 1 amide bonds. The van der Waals surface area contributed by atoms with Crippen molar-refractivity contribution < 1.29 is 14.3 Å². The van der Waals surface area contributed by atoms with E-state index in [0.29, 0.717) is 19.5 Å². The maximum atomic E-state index is 13.9. The van der Waals surface area contributed by atoms with E-state index in [1.54, 1.807) is 7.05 Å². The molecule has 0 aliphatic rings. The minimum Gasteiger partial charge on any atom is -0.396 e. The molecule has 1 rings (SSSR count). The topological polar surface area (TPSA) is 65.5 Å². The van der Waals surface area contributed by atoms with Gasteiger partial charge < -0.3 is 15.3 Å². The summed E-state index contributed by atoms with van der Waals surface area (Å²) in [7, 11) is 1.54. The van der Waals surface area contributed by atoms with Crippen LogP contribution in [-0.2, 0) is 0 Å². The molecule has 100 valence electrons. The fourth-order valence-electron chi connectivity index (χ4n) is 1.62. The van der Waals surface area contributed by atoms with Gasteiger partial charge in [0.05, 0.1) is 5.56 Å². The molecule has 2 N–H and O–H groups in total. The molecule has 0 aliphatic carbocycles. The first-order valence-corrected chi connectivity index (χ1v) is 5.88. The second kappa shape index (κ2) is 6.90. The molecule has 0 aliphatic heterocycles. The Balaban J connectivity index is 2.94. The van der Waals surface area contributed by atoms with Gasteiger partial charge in [-0.1, -0.05) is 0 Å². The second-order valence-electron chi connectivity index (χ2n) is 3.73. The molecular formula is C12H18FN3O2. The number of anilines is 1. The third kappa shape index (κ3) is 3.16. The van der Waals surface area contributed by atoms with E-state index in [2.05, 4.69) is 10.3 Å². The Morgan fingerprint density at radius 3 is 2.89 bits per heavy atom. The maximum absolute atomic E-state index is 13.9. The first-order chi connectivity index (χ1) is 8.65. The van der Waals surface area contributed by atoms with Gasteiger partial charge in [0.25, 0.3) is 5.91 Å². The van der Waals surface area contributed by atoms with Crippen LogP contribution >= 0.6 is 0 Å². The highest BCUT2D eigenvalue weighted by atomic mass is 19.1. The van der Waals surface area contributed by atoms with Crippen LogP contribution in [0.25, 0.3) is 0 Å². The van der Waals surface area contributed by atoms with Gasteiger partial charge in [-0.05, 0) is 19.4 Å². The highest BCUT2D eigenvalue weighted by Gasteiger charge is 2.19. The lowest BCUT2D eigenvalue weighted by molar-refractivity contribution is 0.0749. The normalized spacial score (nSPS) is 10.2. The van der Waals surface area contributed by atoms with Gasteiger partial charge in [0.1, 0.15) is 0 Å². The molecule has 18 heavy (non-hydrogen) atoms. The van der Waals surface area contributed by atoms with Crippen LogP contribution in [0.3, 0.4) is 0 Å². The zero-order valence-corrected chi connectivity index (χ0v) is 10.6. The van der Waals surface area contributed by atoms with E-state index < -0.39 is 5.82 Å². The number of hydrogen-bond donors (Lipinski definition) is 2. The van der Waals surface area contributed by atoms with Crippen LogP contribution in [-0.4, -0.2) is 47.6 Å². The van der Waals surface area contributed by atoms with E-state index in [1.807, 2.05) is 6.92 Å². The first kappa shape index (κ1) is 14.4. The predicted octanol–water partition coefficient (Wildman–Crippen LogP) is 1.11. The lowest BCUT2D eigenvalue weighted by Crippen LogP contribution is -2.33. The number of carbonyl (C=O) groups is 1. The van der Waals surface area contributed by atoms with Crippen molar-refractivity contribution in [2.24, 2.45) is 0 Å². The largest absolute Gasteiger partial charge is 0.396 e. The van der Waals surface area contributed by atoms with Crippen molar-refractivity contribution in [1.29, 1.82) is 0 Å². The summed E-state index contributed by atoms with van der Waals surface area (Å²) in [6.07, 6.45) is 1.87. The second-order valence-corrected chi connectivity index (χ2v) is 3.73. The van der Waals surface area contributed by atoms with E-state index in [9.17, 15) is 9.18 Å². The van der Waals surface area contributed by atoms with Gasteiger partial charge in [-0.2, -0.15) is 0 Å². The van der Waals surface area contributed by atoms with Crippen LogP contribution in [0.4, 0.5) is 10.2 Å². The maximum Gasteiger partial charge on any atom is 0.257 e. The Labute approximate surface area is 106 Å². The molecule has 1 heterocycles. The lowest BCUT2D eigenvalue weighted by atomic mass is 10.2. The Bertz CT molecular complexity index is 412. The molecule has 5 nitrogen and oxygen atoms in total. The summed E-state index contributed by atoms with van der Waals surface area (Å²) in [4.78, 5) is 17.4. The number of hydrogen-bond acceptors (Lipinski definition) is 4. The van der Waals surface area contributed by atoms with Crippen molar-refractivity contribution in [2.75, 3.05) is 32.1 Å². The summed E-state index contributed by atoms with van der Waals surface area (Å²) < 4.78 is 13.9. The summed E-state index contributed by atoms with van der Waals surface area (Å²) in [5.41, 5.74) is -0.00543. The molecule has 0 saturated heterocycles. The number of nitrogens with zero attached hydrogens (tertiary/aromatic N) is 2. The van der Waals surface area contributed by atoms with E-state index in [4.69, 9.17) is 5.11 Å². The standard InChI is InChI=1S/C12H18FN3O2/c1-3-16(7-4-8-17)12(18)9-5-6-15-11(14-2)10(9)13/h5-6,17H,3-4,7-8H2,1-2H3,(H,14,15). The molecule has 0 spiro atoms. The number of rotatable bonds is 6. The van der Waals surface area contributed by atoms with E-state index in [-0.39, 0.29) is 23.9 Å². The monoisotopic (exact) mass is 255 g/mol. The van der Waals surface area contributed by atoms with Gasteiger partial charge >= 0.3 is 0 Å². The van der Waals surface area contributed by atoms with Gasteiger partial charge in [0.2, 0.25) is 0 Å². The van der Waals surface area contributed by atoms with E-state index in [1.165, 1.54) is 17.2 Å². The summed E-state index contributed by atoms with van der Waals surface area (Å²) in [6.45, 7) is 2.69. The van der Waals surface area contributed by atoms with Gasteiger partial charge in [-0.25, -0.2) is 9.37 Å². The molecular weight excluding hydrogens is 237 g/mol. The van der Waals surface area contributed by atoms with Crippen LogP contribution in [0.2, 0.25) is 0 Å². The van der Waals surface area contributed by atoms with Crippen molar-refractivity contribution >= 4 is 11.7 Å². The minimum absolute atomic E-state index is 0.00434. The van der Waals surface area contributed by atoms with Crippen molar-refractivity contribution in [3.8, 4) is 0 Å². The van der Waals surface area contributed by atoms with E-state index >= 15 is 0 Å². The molecule has 6 heteroatoms. The minimum atomic E-state index is -0.646. The van der Waals surface area contributed by atoms with Gasteiger partial charge in [-0.3, -0.25) is 4.79 Å². The van der Waals surface area contributed by atoms with Crippen molar-refractivity contribution in [3.05, 3.63) is 23.6 Å². The van der Waals surface area contributed by atoms with Gasteiger partial charge in [0.15, 0.2) is 11.6 Å². The summed E-state index contributed by atoms with van der Waals surface area (Å²) >= 11 is 0. The highest BCUT2D eigenvalue weighted by Crippen LogP contribution is 2.16. The van der Waals surface area contributed by atoms with Gasteiger partial charge in [-0.15, -0.1) is 0 Å². The number of amides is 1. The number of pyridine rings is 1. The fraction of sp³-hybridized carbons (Fsp3) is 0.500. The van der Waals surface area contributed by atoms with Crippen LogP contribution in [0.1, 0.15) is 23.7 Å². The van der Waals surface area contributed by atoms with Crippen molar-refractivity contribution in [1.82, 2.24) is 9.88 Å². The van der Waals surface area contributed by atoms with Gasteiger partial charge in [0, 0.05) is 32.9 Å². The summed E-state index contributed by atoms with van der Waals surface area (Å²) in [5, 5.41) is 11.4. The number of halogens is 1.